The zero-order valence-corrected chi connectivity index (χ0v) is 45.0. The van der Waals surface area contributed by atoms with Crippen LogP contribution in [-0.4, -0.2) is 146 Å². The summed E-state index contributed by atoms with van der Waals surface area (Å²) in [6, 6.07) is 11.4. The van der Waals surface area contributed by atoms with Gasteiger partial charge in [-0.1, -0.05) is 102 Å². The number of aryl methyl sites for hydroxylation is 2. The normalized spacial score (nSPS) is 23.2. The number of carbonyl (C=O) groups excluding carboxylic acids is 6. The lowest BCUT2D eigenvalue weighted by atomic mass is 9.85. The van der Waals surface area contributed by atoms with Gasteiger partial charge in [-0.2, -0.15) is 0 Å². The predicted octanol–water partition coefficient (Wildman–Crippen LogP) is 3.97. The van der Waals surface area contributed by atoms with Crippen molar-refractivity contribution in [1.82, 2.24) is 41.3 Å². The molecule has 6 amide bonds. The van der Waals surface area contributed by atoms with Crippen LogP contribution in [0, 0.1) is 34.5 Å². The molecule has 2 aromatic carbocycles. The Labute approximate surface area is 433 Å². The molecule has 0 radical (unpaired) electrons. The van der Waals surface area contributed by atoms with E-state index in [4.69, 9.17) is 9.47 Å². The van der Waals surface area contributed by atoms with E-state index in [0.29, 0.717) is 0 Å². The molecule has 2 aliphatic heterocycles. The van der Waals surface area contributed by atoms with Crippen molar-refractivity contribution in [2.24, 2.45) is 10.8 Å². The molecule has 0 spiro atoms. The number of hydrogen-bond acceptors (Lipinski definition) is 10. The van der Waals surface area contributed by atoms with E-state index in [2.05, 4.69) is 62.4 Å². The molecule has 0 bridgehead atoms. The summed E-state index contributed by atoms with van der Waals surface area (Å²) in [7, 11) is 5.28. The maximum absolute atomic E-state index is 14.6. The number of nitrogens with one attached hydrogen (secondary N) is 5. The van der Waals surface area contributed by atoms with E-state index in [9.17, 15) is 28.8 Å². The Morgan fingerprint density at radius 2 is 1.07 bits per heavy atom. The van der Waals surface area contributed by atoms with E-state index in [1.54, 1.807) is 49.7 Å². The number of fused-ring (bicyclic) bond motifs is 2. The Bertz CT molecular complexity index is 2440. The highest BCUT2D eigenvalue weighted by molar-refractivity contribution is 5.95. The predicted molar refractivity (Wildman–Crippen MR) is 280 cm³/mol. The molecule has 0 unspecified atom stereocenters. The Morgan fingerprint density at radius 3 is 1.47 bits per heavy atom. The summed E-state index contributed by atoms with van der Waals surface area (Å²) in [6.45, 7) is 15.1. The first-order chi connectivity index (χ1) is 34.6. The van der Waals surface area contributed by atoms with E-state index >= 15 is 0 Å². The van der Waals surface area contributed by atoms with Crippen molar-refractivity contribution >= 4 is 35.4 Å². The summed E-state index contributed by atoms with van der Waals surface area (Å²) in [5, 5.41) is 15.4. The lowest BCUT2D eigenvalue weighted by molar-refractivity contribution is -0.144. The zero-order valence-electron chi connectivity index (χ0n) is 45.0. The number of ether oxygens (including phenoxy) is 2. The summed E-state index contributed by atoms with van der Waals surface area (Å²) >= 11 is 0. The number of hydrogen-bond donors (Lipinski definition) is 5. The van der Waals surface area contributed by atoms with Crippen molar-refractivity contribution in [3.8, 4) is 23.7 Å². The van der Waals surface area contributed by atoms with Crippen LogP contribution >= 0.6 is 0 Å². The van der Waals surface area contributed by atoms with Gasteiger partial charge >= 0.3 is 0 Å². The van der Waals surface area contributed by atoms with Crippen LogP contribution in [0.25, 0.3) is 0 Å². The fourth-order valence-corrected chi connectivity index (χ4v) is 10.2. The molecule has 5 N–H and O–H groups in total. The van der Waals surface area contributed by atoms with Crippen LogP contribution in [0.15, 0.2) is 48.5 Å². The minimum absolute atomic E-state index is 0.00705. The van der Waals surface area contributed by atoms with E-state index < -0.39 is 59.3 Å². The van der Waals surface area contributed by atoms with E-state index in [-0.39, 0.29) is 86.7 Å². The highest BCUT2D eigenvalue weighted by Crippen LogP contribution is 2.34. The third-order valence-electron chi connectivity index (χ3n) is 14.9. The average Bonchev–Trinajstić information content (AvgIpc) is 3.99. The number of carbonyl (C=O) groups is 6. The number of amides is 6. The maximum Gasteiger partial charge on any atom is 0.246 e. The van der Waals surface area contributed by atoms with Crippen molar-refractivity contribution < 1.29 is 38.2 Å². The molecule has 2 aliphatic carbocycles. The fourth-order valence-electron chi connectivity index (χ4n) is 10.2. The number of nitrogens with zero attached hydrogens (tertiary/aromatic N) is 3. The van der Waals surface area contributed by atoms with Gasteiger partial charge in [0.1, 0.15) is 37.4 Å². The molecule has 2 heterocycles. The van der Waals surface area contributed by atoms with Crippen molar-refractivity contribution in [2.45, 2.75) is 167 Å². The molecule has 0 saturated carbocycles. The molecular weight excluding hydrogens is 925 g/mol. The molecular formula is C57H80N8O8. The van der Waals surface area contributed by atoms with E-state index in [1.807, 2.05) is 77.9 Å². The molecule has 0 aromatic heterocycles. The number of likely N-dealkylation sites (N-methyl/N-ethyl adjacent to an activating group) is 2. The van der Waals surface area contributed by atoms with Gasteiger partial charge in [-0.3, -0.25) is 33.7 Å². The van der Waals surface area contributed by atoms with Gasteiger partial charge in [0, 0.05) is 25.9 Å². The second-order valence-corrected chi connectivity index (χ2v) is 22.5. The van der Waals surface area contributed by atoms with Crippen molar-refractivity contribution in [2.75, 3.05) is 47.4 Å². The monoisotopic (exact) mass is 1000 g/mol. The highest BCUT2D eigenvalue weighted by Gasteiger charge is 2.48. The molecule has 73 heavy (non-hydrogen) atoms. The van der Waals surface area contributed by atoms with Gasteiger partial charge in [0.05, 0.1) is 36.4 Å². The number of benzene rings is 2. The topological polar surface area (TPSA) is 191 Å². The Hall–Kier alpha value is -5.78. The van der Waals surface area contributed by atoms with Crippen LogP contribution in [0.3, 0.4) is 0 Å². The summed E-state index contributed by atoms with van der Waals surface area (Å²) in [6.07, 6.45) is 4.81. The molecule has 2 fully saturated rings. The lowest BCUT2D eigenvalue weighted by Gasteiger charge is -2.36. The maximum atomic E-state index is 14.6. The number of rotatable bonds is 16. The van der Waals surface area contributed by atoms with Gasteiger partial charge in [-0.15, -0.1) is 0 Å². The van der Waals surface area contributed by atoms with Gasteiger partial charge in [-0.25, -0.2) is 0 Å². The SMILES string of the molecule is CN[C@@H](C)C(=O)N[C@H](C(=O)N1C[C@@H](OCC#CC#CCO[C@H]2C[C@@H](C(=O)N[C@@H]3CCCc4ccccc43)N(C(=O)[C@@H](NC(=O)[C@H](C)N(C)C)C(C)(C)C)C2)C[C@H]1C(=O)N[C@@H]1CCCc2ccccc21)C(C)(C)C. The first-order valence-electron chi connectivity index (χ1n) is 26.1. The standard InChI is InChI=1S/C57H80N8O8/c1-36(58-9)50(66)61-48(56(3,4)5)54(70)64-34-40(32-46(64)52(68)59-44-28-20-24-38-22-14-16-26-42(38)44)72-30-18-12-13-19-31-73-41-33-47(53(69)60-45-29-21-25-39-23-15-17-27-43(39)45)65(35-41)55(71)49(57(6,7)8)62-51(67)37(2)63(10)11/h14-17,22-23,26-27,36-37,40-41,44-49,58H,20-21,24-25,28-35H2,1-11H3,(H,59,68)(H,60,69)(H,61,66)(H,62,67)/t36-,37-,40-,41-,44+,45+,46-,47-,48+,49+/m0/s1. The smallest absolute Gasteiger partial charge is 0.246 e. The molecule has 4 aliphatic rings. The summed E-state index contributed by atoms with van der Waals surface area (Å²) in [4.78, 5) is 88.8. The third kappa shape index (κ3) is 14.5. The van der Waals surface area contributed by atoms with E-state index in [1.165, 1.54) is 11.1 Å². The van der Waals surface area contributed by atoms with Crippen molar-refractivity contribution in [3.05, 3.63) is 70.8 Å². The largest absolute Gasteiger partial charge is 0.364 e. The Kier molecular flexibility index (Phi) is 19.3. The van der Waals surface area contributed by atoms with Gasteiger partial charge < -0.3 is 45.9 Å². The first-order valence-corrected chi connectivity index (χ1v) is 26.1. The molecule has 396 valence electrons. The number of likely N-dealkylation sites (tertiary alicyclic amines) is 2. The second kappa shape index (κ2) is 25.0. The van der Waals surface area contributed by atoms with E-state index in [0.717, 1.165) is 49.7 Å². The van der Waals surface area contributed by atoms with Gasteiger partial charge in [0.25, 0.3) is 0 Å². The van der Waals surface area contributed by atoms with Gasteiger partial charge in [-0.05, 0) is 118 Å². The van der Waals surface area contributed by atoms with Crippen LogP contribution in [0.1, 0.15) is 128 Å². The van der Waals surface area contributed by atoms with Crippen molar-refractivity contribution in [3.63, 3.8) is 0 Å². The van der Waals surface area contributed by atoms with Crippen LogP contribution in [0.2, 0.25) is 0 Å². The first kappa shape index (κ1) is 56.5. The summed E-state index contributed by atoms with van der Waals surface area (Å²) in [5.74, 6) is 9.64. The highest BCUT2D eigenvalue weighted by atomic mass is 16.5. The van der Waals surface area contributed by atoms with Crippen LogP contribution in [0.4, 0.5) is 0 Å². The molecule has 2 saturated heterocycles. The zero-order chi connectivity index (χ0) is 53.2. The van der Waals surface area contributed by atoms with Crippen LogP contribution in [0.5, 0.6) is 0 Å². The molecule has 16 heteroatoms. The third-order valence-corrected chi connectivity index (χ3v) is 14.9. The fraction of sp³-hybridized carbons (Fsp3) is 0.614. The lowest BCUT2D eigenvalue weighted by Crippen LogP contribution is -2.59. The Morgan fingerprint density at radius 1 is 0.658 bits per heavy atom. The minimum atomic E-state index is -0.904. The molecule has 6 rings (SSSR count). The summed E-state index contributed by atoms with van der Waals surface area (Å²) in [5.41, 5.74) is 3.26. The molecule has 16 nitrogen and oxygen atoms in total. The van der Waals surface area contributed by atoms with Crippen molar-refractivity contribution in [1.29, 1.82) is 0 Å². The van der Waals surface area contributed by atoms with Gasteiger partial charge in [0.2, 0.25) is 35.4 Å². The average molecular weight is 1010 g/mol. The van der Waals surface area contributed by atoms with Gasteiger partial charge in [0.15, 0.2) is 0 Å². The Balaban J connectivity index is 1.11. The minimum Gasteiger partial charge on any atom is -0.364 e. The summed E-state index contributed by atoms with van der Waals surface area (Å²) < 4.78 is 12.4. The molecule has 2 aromatic rings. The molecule has 10 atom stereocenters. The van der Waals surface area contributed by atoms with Crippen LogP contribution < -0.4 is 26.6 Å². The quantitative estimate of drug-likeness (QED) is 0.154. The second-order valence-electron chi connectivity index (χ2n) is 22.5. The van der Waals surface area contributed by atoms with Crippen LogP contribution in [-0.2, 0) is 51.1 Å².